The smallest absolute Gasteiger partial charge is 0.235 e. The van der Waals surface area contributed by atoms with Gasteiger partial charge in [0.15, 0.2) is 5.82 Å². The highest BCUT2D eigenvalue weighted by molar-refractivity contribution is 9.10. The molecule has 1 N–H and O–H groups in total. The summed E-state index contributed by atoms with van der Waals surface area (Å²) in [5, 5.41) is -0.705. The SMILES string of the molecule is CC(C)S(=O)(=O)Nc1c(F)cc(F)cc1Br. The summed E-state index contributed by atoms with van der Waals surface area (Å²) in [5.74, 6) is -1.74. The fourth-order valence-corrected chi connectivity index (χ4v) is 2.27. The van der Waals surface area contributed by atoms with E-state index in [1.165, 1.54) is 13.8 Å². The van der Waals surface area contributed by atoms with Crippen LogP contribution < -0.4 is 4.72 Å². The molecule has 0 aliphatic rings. The quantitative estimate of drug-likeness (QED) is 0.932. The van der Waals surface area contributed by atoms with E-state index in [1.54, 1.807) is 0 Å². The fourth-order valence-electron chi connectivity index (χ4n) is 0.900. The summed E-state index contributed by atoms with van der Waals surface area (Å²) in [5.41, 5.74) is -0.282. The molecule has 0 bridgehead atoms. The van der Waals surface area contributed by atoms with Gasteiger partial charge in [0.1, 0.15) is 5.82 Å². The normalized spacial score (nSPS) is 11.9. The Kier molecular flexibility index (Phi) is 3.90. The Labute approximate surface area is 101 Å². The number of halogens is 3. The van der Waals surface area contributed by atoms with Gasteiger partial charge in [-0.3, -0.25) is 4.72 Å². The van der Waals surface area contributed by atoms with E-state index >= 15 is 0 Å². The van der Waals surface area contributed by atoms with Crippen LogP contribution in [0.3, 0.4) is 0 Å². The molecular weight excluding hydrogens is 304 g/mol. The Morgan fingerprint density at radius 1 is 1.31 bits per heavy atom. The van der Waals surface area contributed by atoms with Gasteiger partial charge in [0.25, 0.3) is 0 Å². The van der Waals surface area contributed by atoms with Crippen molar-refractivity contribution in [1.82, 2.24) is 0 Å². The summed E-state index contributed by atoms with van der Waals surface area (Å²) in [6.07, 6.45) is 0. The number of anilines is 1. The molecule has 0 unspecified atom stereocenters. The Morgan fingerprint density at radius 3 is 2.31 bits per heavy atom. The molecule has 90 valence electrons. The third kappa shape index (κ3) is 2.91. The zero-order valence-electron chi connectivity index (χ0n) is 8.59. The molecule has 0 atom stereocenters. The lowest BCUT2D eigenvalue weighted by atomic mass is 10.3. The lowest BCUT2D eigenvalue weighted by Crippen LogP contribution is -2.23. The van der Waals surface area contributed by atoms with Crippen molar-refractivity contribution in [3.63, 3.8) is 0 Å². The molecule has 7 heteroatoms. The first-order valence-electron chi connectivity index (χ1n) is 4.40. The number of benzene rings is 1. The van der Waals surface area contributed by atoms with E-state index in [0.717, 1.165) is 6.07 Å². The monoisotopic (exact) mass is 313 g/mol. The number of nitrogens with one attached hydrogen (secondary N) is 1. The van der Waals surface area contributed by atoms with E-state index in [0.29, 0.717) is 6.07 Å². The highest BCUT2D eigenvalue weighted by atomic mass is 79.9. The topological polar surface area (TPSA) is 46.2 Å². The summed E-state index contributed by atoms with van der Waals surface area (Å²) < 4.78 is 51.1. The van der Waals surface area contributed by atoms with Crippen LogP contribution in [0, 0.1) is 11.6 Å². The molecule has 0 radical (unpaired) electrons. The molecule has 0 saturated carbocycles. The Bertz CT molecular complexity index is 479. The third-order valence-electron chi connectivity index (χ3n) is 1.87. The largest absolute Gasteiger partial charge is 0.279 e. The molecule has 0 spiro atoms. The van der Waals surface area contributed by atoms with Crippen molar-refractivity contribution in [2.24, 2.45) is 0 Å². The van der Waals surface area contributed by atoms with E-state index in [1.807, 2.05) is 0 Å². The molecule has 0 amide bonds. The van der Waals surface area contributed by atoms with Gasteiger partial charge >= 0.3 is 0 Å². The molecule has 0 fully saturated rings. The minimum absolute atomic E-state index is 0.0224. The van der Waals surface area contributed by atoms with Crippen LogP contribution in [0.4, 0.5) is 14.5 Å². The zero-order chi connectivity index (χ0) is 12.5. The minimum atomic E-state index is -3.65. The molecule has 3 nitrogen and oxygen atoms in total. The lowest BCUT2D eigenvalue weighted by molar-refractivity contribution is 0.579. The van der Waals surface area contributed by atoms with Crippen LogP contribution in [0.25, 0.3) is 0 Å². The molecule has 1 aromatic carbocycles. The van der Waals surface area contributed by atoms with Gasteiger partial charge in [-0.25, -0.2) is 17.2 Å². The third-order valence-corrected chi connectivity index (χ3v) is 4.23. The van der Waals surface area contributed by atoms with Crippen molar-refractivity contribution in [1.29, 1.82) is 0 Å². The second-order valence-corrected chi connectivity index (χ2v) is 6.53. The molecule has 0 saturated heterocycles. The maximum atomic E-state index is 13.3. The van der Waals surface area contributed by atoms with Crippen molar-refractivity contribution in [3.05, 3.63) is 28.2 Å². The maximum absolute atomic E-state index is 13.3. The Hall–Kier alpha value is -0.690. The van der Waals surface area contributed by atoms with Gasteiger partial charge in [-0.15, -0.1) is 0 Å². The van der Waals surface area contributed by atoms with E-state index < -0.39 is 26.9 Å². The summed E-state index contributed by atoms with van der Waals surface area (Å²) in [4.78, 5) is 0. The molecule has 0 aliphatic carbocycles. The van der Waals surface area contributed by atoms with Gasteiger partial charge in [0.2, 0.25) is 10.0 Å². The second kappa shape index (κ2) is 4.67. The number of sulfonamides is 1. The van der Waals surface area contributed by atoms with E-state index in [9.17, 15) is 17.2 Å². The van der Waals surface area contributed by atoms with Gasteiger partial charge in [-0.2, -0.15) is 0 Å². The fraction of sp³-hybridized carbons (Fsp3) is 0.333. The summed E-state index contributed by atoms with van der Waals surface area (Å²) in [6.45, 7) is 2.91. The van der Waals surface area contributed by atoms with Crippen molar-refractivity contribution >= 4 is 31.6 Å². The first-order valence-corrected chi connectivity index (χ1v) is 6.74. The van der Waals surface area contributed by atoms with Gasteiger partial charge in [-0.05, 0) is 35.8 Å². The first kappa shape index (κ1) is 13.4. The van der Waals surface area contributed by atoms with Crippen molar-refractivity contribution in [2.45, 2.75) is 19.1 Å². The average Bonchev–Trinajstić information content (AvgIpc) is 2.11. The van der Waals surface area contributed by atoms with Crippen molar-refractivity contribution in [3.8, 4) is 0 Å². The number of hydrogen-bond donors (Lipinski definition) is 1. The van der Waals surface area contributed by atoms with Gasteiger partial charge in [-0.1, -0.05) is 0 Å². The second-order valence-electron chi connectivity index (χ2n) is 3.44. The van der Waals surface area contributed by atoms with Crippen LogP contribution >= 0.6 is 15.9 Å². The zero-order valence-corrected chi connectivity index (χ0v) is 11.0. The van der Waals surface area contributed by atoms with Crippen molar-refractivity contribution in [2.75, 3.05) is 4.72 Å². The summed E-state index contributed by atoms with van der Waals surface area (Å²) in [7, 11) is -3.65. The summed E-state index contributed by atoms with van der Waals surface area (Å²) in [6, 6.07) is 1.60. The predicted octanol–water partition coefficient (Wildman–Crippen LogP) is 2.88. The number of hydrogen-bond acceptors (Lipinski definition) is 2. The van der Waals surface area contributed by atoms with Crippen molar-refractivity contribution < 1.29 is 17.2 Å². The number of rotatable bonds is 3. The maximum Gasteiger partial charge on any atom is 0.235 e. The Balaban J connectivity index is 3.17. The van der Waals surface area contributed by atoms with Crippen LogP contribution in [0.2, 0.25) is 0 Å². The molecule has 0 heterocycles. The highest BCUT2D eigenvalue weighted by Crippen LogP contribution is 2.28. The Morgan fingerprint density at radius 2 is 1.88 bits per heavy atom. The highest BCUT2D eigenvalue weighted by Gasteiger charge is 2.20. The first-order chi connectivity index (χ1) is 7.24. The molecule has 1 aromatic rings. The minimum Gasteiger partial charge on any atom is -0.279 e. The standard InChI is InChI=1S/C9H10BrF2NO2S/c1-5(2)16(14,15)13-9-7(10)3-6(11)4-8(9)12/h3-5,13H,1-2H3. The van der Waals surface area contributed by atoms with E-state index in [4.69, 9.17) is 0 Å². The van der Waals surface area contributed by atoms with Crippen LogP contribution in [0.1, 0.15) is 13.8 Å². The van der Waals surface area contributed by atoms with E-state index in [2.05, 4.69) is 20.7 Å². The molecule has 0 aromatic heterocycles. The molecular formula is C9H10BrF2NO2S. The van der Waals surface area contributed by atoms with Gasteiger partial charge < -0.3 is 0 Å². The summed E-state index contributed by atoms with van der Waals surface area (Å²) >= 11 is 2.89. The van der Waals surface area contributed by atoms with Gasteiger partial charge in [0.05, 0.1) is 10.9 Å². The van der Waals surface area contributed by atoms with E-state index in [-0.39, 0.29) is 10.2 Å². The molecule has 0 aliphatic heterocycles. The van der Waals surface area contributed by atoms with Crippen LogP contribution in [0.5, 0.6) is 0 Å². The molecule has 1 rings (SSSR count). The van der Waals surface area contributed by atoms with Crippen LogP contribution in [0.15, 0.2) is 16.6 Å². The predicted molar refractivity (Wildman–Crippen MR) is 61.7 cm³/mol. The average molecular weight is 314 g/mol. The van der Waals surface area contributed by atoms with Crippen LogP contribution in [-0.2, 0) is 10.0 Å². The van der Waals surface area contributed by atoms with Crippen LogP contribution in [-0.4, -0.2) is 13.7 Å². The molecule has 16 heavy (non-hydrogen) atoms. The lowest BCUT2D eigenvalue weighted by Gasteiger charge is -2.12. The van der Waals surface area contributed by atoms with Gasteiger partial charge in [0, 0.05) is 10.5 Å².